The quantitative estimate of drug-likeness (QED) is 0.641. The van der Waals surface area contributed by atoms with E-state index in [1.807, 2.05) is 6.07 Å². The van der Waals surface area contributed by atoms with Gasteiger partial charge >= 0.3 is 0 Å². The number of nitro groups is 1. The van der Waals surface area contributed by atoms with Gasteiger partial charge in [-0.25, -0.2) is 0 Å². The van der Waals surface area contributed by atoms with Gasteiger partial charge in [-0.1, -0.05) is 35.9 Å². The van der Waals surface area contributed by atoms with Gasteiger partial charge in [-0.05, 0) is 36.0 Å². The summed E-state index contributed by atoms with van der Waals surface area (Å²) >= 11 is 6.10. The summed E-state index contributed by atoms with van der Waals surface area (Å²) in [5.74, 6) is 0.670. The first-order chi connectivity index (χ1) is 10.1. The Morgan fingerprint density at radius 2 is 2.00 bits per heavy atom. The van der Waals surface area contributed by atoms with Crippen LogP contribution in [0.2, 0.25) is 5.02 Å². The Balaban J connectivity index is 1.79. The molecule has 5 heteroatoms. The maximum atomic E-state index is 10.8. The minimum atomic E-state index is -0.417. The molecule has 0 amide bonds. The highest BCUT2D eigenvalue weighted by atomic mass is 35.5. The van der Waals surface area contributed by atoms with E-state index in [0.717, 1.165) is 0 Å². The minimum Gasteiger partial charge on any atom is -0.380 e. The molecule has 0 unspecified atom stereocenters. The van der Waals surface area contributed by atoms with Crippen LogP contribution in [-0.4, -0.2) is 4.92 Å². The van der Waals surface area contributed by atoms with Crippen molar-refractivity contribution in [1.82, 2.24) is 0 Å². The Morgan fingerprint density at radius 1 is 1.24 bits per heavy atom. The number of rotatable bonds is 5. The molecule has 0 atom stereocenters. The van der Waals surface area contributed by atoms with Crippen LogP contribution in [0, 0.1) is 10.1 Å². The number of nitrogens with one attached hydrogen (secondary N) is 1. The molecule has 0 aliphatic heterocycles. The molecule has 0 bridgehead atoms. The number of nitro benzene ring substituents is 1. The fourth-order valence-corrected chi connectivity index (χ4v) is 2.62. The normalized spacial score (nSPS) is 14.0. The molecule has 1 saturated carbocycles. The van der Waals surface area contributed by atoms with E-state index < -0.39 is 4.92 Å². The lowest BCUT2D eigenvalue weighted by Crippen LogP contribution is -2.03. The third-order valence-electron chi connectivity index (χ3n) is 3.70. The highest BCUT2D eigenvalue weighted by Gasteiger charge is 2.25. The summed E-state index contributed by atoms with van der Waals surface area (Å²) in [5, 5.41) is 14.5. The van der Waals surface area contributed by atoms with E-state index in [1.54, 1.807) is 6.07 Å². The zero-order valence-corrected chi connectivity index (χ0v) is 12.1. The van der Waals surface area contributed by atoms with E-state index >= 15 is 0 Å². The molecule has 0 heterocycles. The van der Waals surface area contributed by atoms with Crippen LogP contribution in [0.5, 0.6) is 0 Å². The van der Waals surface area contributed by atoms with Crippen molar-refractivity contribution in [3.05, 3.63) is 68.7 Å². The minimum absolute atomic E-state index is 0.0392. The molecule has 1 N–H and O–H groups in total. The smallest absolute Gasteiger partial charge is 0.271 e. The number of non-ortho nitro benzene ring substituents is 1. The fraction of sp³-hybridized carbons (Fsp3) is 0.250. The number of nitrogens with zero attached hydrogens (tertiary/aromatic N) is 1. The topological polar surface area (TPSA) is 55.2 Å². The number of benzene rings is 2. The average molecular weight is 303 g/mol. The van der Waals surface area contributed by atoms with Crippen LogP contribution in [0.3, 0.4) is 0 Å². The molecular weight excluding hydrogens is 288 g/mol. The second-order valence-electron chi connectivity index (χ2n) is 5.25. The molecule has 21 heavy (non-hydrogen) atoms. The molecule has 1 fully saturated rings. The van der Waals surface area contributed by atoms with E-state index in [1.165, 1.54) is 36.1 Å². The second-order valence-corrected chi connectivity index (χ2v) is 5.66. The standard InChI is InChI=1S/C16H15ClN2O2/c17-15-8-7-13(19(20)21)9-16(15)18-10-12-3-1-2-4-14(12)11-5-6-11/h1-4,7-9,11,18H,5-6,10H2. The highest BCUT2D eigenvalue weighted by Crippen LogP contribution is 2.41. The van der Waals surface area contributed by atoms with E-state index in [9.17, 15) is 10.1 Å². The molecule has 108 valence electrons. The zero-order valence-electron chi connectivity index (χ0n) is 11.4. The molecule has 0 aromatic heterocycles. The van der Waals surface area contributed by atoms with Crippen molar-refractivity contribution in [3.63, 3.8) is 0 Å². The highest BCUT2D eigenvalue weighted by molar-refractivity contribution is 6.33. The summed E-state index contributed by atoms with van der Waals surface area (Å²) < 4.78 is 0. The first kappa shape index (κ1) is 13.9. The van der Waals surface area contributed by atoms with Crippen LogP contribution in [0.15, 0.2) is 42.5 Å². The molecule has 0 saturated heterocycles. The average Bonchev–Trinajstić information content (AvgIpc) is 3.31. The van der Waals surface area contributed by atoms with E-state index in [2.05, 4.69) is 23.5 Å². The van der Waals surface area contributed by atoms with Gasteiger partial charge in [-0.2, -0.15) is 0 Å². The largest absolute Gasteiger partial charge is 0.380 e. The van der Waals surface area contributed by atoms with Crippen LogP contribution in [-0.2, 0) is 6.54 Å². The zero-order chi connectivity index (χ0) is 14.8. The van der Waals surface area contributed by atoms with Gasteiger partial charge in [0, 0.05) is 18.7 Å². The van der Waals surface area contributed by atoms with Crippen LogP contribution in [0.25, 0.3) is 0 Å². The fourth-order valence-electron chi connectivity index (χ4n) is 2.44. The summed E-state index contributed by atoms with van der Waals surface area (Å²) in [7, 11) is 0. The Morgan fingerprint density at radius 3 is 2.71 bits per heavy atom. The van der Waals surface area contributed by atoms with Gasteiger partial charge in [-0.15, -0.1) is 0 Å². The molecule has 1 aliphatic carbocycles. The van der Waals surface area contributed by atoms with Crippen molar-refractivity contribution in [2.24, 2.45) is 0 Å². The first-order valence-electron chi connectivity index (χ1n) is 6.91. The van der Waals surface area contributed by atoms with Gasteiger partial charge in [-0.3, -0.25) is 10.1 Å². The Labute approximate surface area is 127 Å². The summed E-state index contributed by atoms with van der Waals surface area (Å²) in [6, 6.07) is 12.7. The molecule has 0 radical (unpaired) electrons. The van der Waals surface area contributed by atoms with Crippen LogP contribution < -0.4 is 5.32 Å². The molecule has 2 aromatic rings. The SMILES string of the molecule is O=[N+]([O-])c1ccc(Cl)c(NCc2ccccc2C2CC2)c1. The van der Waals surface area contributed by atoms with Crippen molar-refractivity contribution in [2.75, 3.05) is 5.32 Å². The van der Waals surface area contributed by atoms with Gasteiger partial charge in [0.05, 0.1) is 15.6 Å². The van der Waals surface area contributed by atoms with Crippen molar-refractivity contribution in [1.29, 1.82) is 0 Å². The van der Waals surface area contributed by atoms with Gasteiger partial charge in [0.25, 0.3) is 5.69 Å². The van der Waals surface area contributed by atoms with Gasteiger partial charge in [0.15, 0.2) is 0 Å². The van der Waals surface area contributed by atoms with Gasteiger partial charge in [0.2, 0.25) is 0 Å². The third kappa shape index (κ3) is 3.16. The Bertz CT molecular complexity index is 684. The maximum absolute atomic E-state index is 10.8. The van der Waals surface area contributed by atoms with Crippen molar-refractivity contribution >= 4 is 23.0 Å². The van der Waals surface area contributed by atoms with E-state index in [0.29, 0.717) is 23.2 Å². The monoisotopic (exact) mass is 302 g/mol. The van der Waals surface area contributed by atoms with E-state index in [-0.39, 0.29) is 5.69 Å². The van der Waals surface area contributed by atoms with Gasteiger partial charge < -0.3 is 5.32 Å². The molecule has 0 spiro atoms. The molecular formula is C16H15ClN2O2. The summed E-state index contributed by atoms with van der Waals surface area (Å²) in [4.78, 5) is 10.4. The number of hydrogen-bond acceptors (Lipinski definition) is 3. The van der Waals surface area contributed by atoms with Crippen LogP contribution in [0.4, 0.5) is 11.4 Å². The molecule has 2 aromatic carbocycles. The third-order valence-corrected chi connectivity index (χ3v) is 4.03. The van der Waals surface area contributed by atoms with E-state index in [4.69, 9.17) is 11.6 Å². The lowest BCUT2D eigenvalue weighted by Gasteiger charge is -2.12. The lowest BCUT2D eigenvalue weighted by atomic mass is 10.0. The Kier molecular flexibility index (Phi) is 3.80. The number of hydrogen-bond donors (Lipinski definition) is 1. The van der Waals surface area contributed by atoms with Crippen molar-refractivity contribution in [3.8, 4) is 0 Å². The van der Waals surface area contributed by atoms with Gasteiger partial charge in [0.1, 0.15) is 0 Å². The van der Waals surface area contributed by atoms with Crippen LogP contribution >= 0.6 is 11.6 Å². The second kappa shape index (κ2) is 5.74. The number of halogens is 1. The summed E-state index contributed by atoms with van der Waals surface area (Å²) in [6.07, 6.45) is 2.49. The number of anilines is 1. The van der Waals surface area contributed by atoms with Crippen molar-refractivity contribution in [2.45, 2.75) is 25.3 Å². The van der Waals surface area contributed by atoms with Crippen LogP contribution in [0.1, 0.15) is 29.9 Å². The molecule has 1 aliphatic rings. The maximum Gasteiger partial charge on any atom is 0.271 e. The summed E-state index contributed by atoms with van der Waals surface area (Å²) in [6.45, 7) is 0.619. The summed E-state index contributed by atoms with van der Waals surface area (Å²) in [5.41, 5.74) is 3.22. The van der Waals surface area contributed by atoms with Crippen molar-refractivity contribution < 1.29 is 4.92 Å². The predicted octanol–water partition coefficient (Wildman–Crippen LogP) is 4.74. The predicted molar refractivity (Wildman–Crippen MR) is 83.9 cm³/mol. The Hall–Kier alpha value is -2.07. The molecule has 4 nitrogen and oxygen atoms in total. The lowest BCUT2D eigenvalue weighted by molar-refractivity contribution is -0.384. The molecule has 3 rings (SSSR count). The first-order valence-corrected chi connectivity index (χ1v) is 7.28.